The third kappa shape index (κ3) is 3.12. The van der Waals surface area contributed by atoms with Crippen LogP contribution >= 0.6 is 0 Å². The second kappa shape index (κ2) is 6.54. The first-order valence-corrected chi connectivity index (χ1v) is 7.58. The van der Waals surface area contributed by atoms with Crippen LogP contribution in [0.25, 0.3) is 6.08 Å². The number of carbonyl (C=O) groups excluding carboxylic acids is 3. The van der Waals surface area contributed by atoms with Crippen LogP contribution in [0.1, 0.15) is 23.8 Å². The molecule has 6 nitrogen and oxygen atoms in total. The van der Waals surface area contributed by atoms with Crippen LogP contribution in [0, 0.1) is 0 Å². The average molecular weight is 324 g/mol. The second-order valence-corrected chi connectivity index (χ2v) is 5.38. The normalized spacial score (nSPS) is 16.6. The van der Waals surface area contributed by atoms with Crippen LogP contribution < -0.4 is 5.32 Å². The first kappa shape index (κ1) is 15.7. The van der Waals surface area contributed by atoms with Gasteiger partial charge in [-0.05, 0) is 35.8 Å². The minimum atomic E-state index is -0.750. The van der Waals surface area contributed by atoms with Gasteiger partial charge in [0, 0.05) is 0 Å². The summed E-state index contributed by atoms with van der Waals surface area (Å²) in [5.74, 6) is -0.875. The van der Waals surface area contributed by atoms with Crippen LogP contribution in [-0.4, -0.2) is 22.7 Å². The molecular weight excluding hydrogens is 308 g/mol. The molecule has 0 bridgehead atoms. The lowest BCUT2D eigenvalue weighted by atomic mass is 10.0. The van der Waals surface area contributed by atoms with Gasteiger partial charge in [-0.25, -0.2) is 4.79 Å². The van der Waals surface area contributed by atoms with E-state index in [0.717, 1.165) is 22.4 Å². The van der Waals surface area contributed by atoms with Crippen molar-refractivity contribution in [2.24, 2.45) is 0 Å². The molecule has 6 heteroatoms. The fraction of sp³-hybridized carbons (Fsp3) is 0.167. The molecule has 24 heavy (non-hydrogen) atoms. The van der Waals surface area contributed by atoms with Gasteiger partial charge in [-0.2, -0.15) is 0 Å². The van der Waals surface area contributed by atoms with Gasteiger partial charge in [0.25, 0.3) is 11.8 Å². The van der Waals surface area contributed by atoms with Crippen molar-refractivity contribution >= 4 is 23.9 Å². The van der Waals surface area contributed by atoms with Crippen LogP contribution in [0.3, 0.4) is 0 Å². The molecule has 0 unspecified atom stereocenters. The van der Waals surface area contributed by atoms with Gasteiger partial charge in [0.15, 0.2) is 0 Å². The molecule has 0 saturated carbocycles. The van der Waals surface area contributed by atoms with Crippen molar-refractivity contribution in [1.29, 1.82) is 0 Å². The highest BCUT2D eigenvalue weighted by molar-refractivity contribution is 6.30. The van der Waals surface area contributed by atoms with Crippen LogP contribution in [0.2, 0.25) is 0 Å². The Morgan fingerprint density at radius 1 is 1.12 bits per heavy atom. The Hall–Kier alpha value is -3.15. The van der Waals surface area contributed by atoms with Crippen molar-refractivity contribution in [3.63, 3.8) is 0 Å². The summed E-state index contributed by atoms with van der Waals surface area (Å²) in [6.45, 7) is 2.01. The zero-order chi connectivity index (χ0) is 17.1. The number of furan rings is 1. The predicted molar refractivity (Wildman–Crippen MR) is 86.6 cm³/mol. The number of hydrogen-bond acceptors (Lipinski definition) is 4. The quantitative estimate of drug-likeness (QED) is 0.692. The molecule has 1 aliphatic rings. The van der Waals surface area contributed by atoms with E-state index in [0.29, 0.717) is 5.76 Å². The summed E-state index contributed by atoms with van der Waals surface area (Å²) in [6, 6.07) is 10.1. The van der Waals surface area contributed by atoms with Gasteiger partial charge in [-0.15, -0.1) is 0 Å². The molecule has 0 radical (unpaired) electrons. The number of carbonyl (C=O) groups is 3. The SMILES string of the molecule is CCc1ccc(/C=C2\C(=O)NC(=O)N(Cc3ccco3)C2=O)cc1. The summed E-state index contributed by atoms with van der Waals surface area (Å²) < 4.78 is 5.16. The van der Waals surface area contributed by atoms with Gasteiger partial charge in [0.2, 0.25) is 0 Å². The maximum absolute atomic E-state index is 12.5. The first-order valence-electron chi connectivity index (χ1n) is 7.58. The smallest absolute Gasteiger partial charge is 0.331 e. The van der Waals surface area contributed by atoms with Crippen molar-refractivity contribution in [1.82, 2.24) is 10.2 Å². The lowest BCUT2D eigenvalue weighted by Gasteiger charge is -2.25. The molecular formula is C18H16N2O4. The van der Waals surface area contributed by atoms with Crippen molar-refractivity contribution < 1.29 is 18.8 Å². The molecule has 1 aliphatic heterocycles. The van der Waals surface area contributed by atoms with E-state index in [1.165, 1.54) is 12.3 Å². The third-order valence-electron chi connectivity index (χ3n) is 3.78. The lowest BCUT2D eigenvalue weighted by Crippen LogP contribution is -2.53. The molecule has 1 saturated heterocycles. The molecule has 122 valence electrons. The Labute approximate surface area is 138 Å². The van der Waals surface area contributed by atoms with Crippen LogP contribution in [0.15, 0.2) is 52.7 Å². The van der Waals surface area contributed by atoms with E-state index in [-0.39, 0.29) is 12.1 Å². The lowest BCUT2D eigenvalue weighted by molar-refractivity contribution is -0.130. The topological polar surface area (TPSA) is 79.6 Å². The van der Waals surface area contributed by atoms with Crippen LogP contribution in [-0.2, 0) is 22.6 Å². The number of nitrogens with zero attached hydrogens (tertiary/aromatic N) is 1. The second-order valence-electron chi connectivity index (χ2n) is 5.38. The molecule has 1 fully saturated rings. The van der Waals surface area contributed by atoms with Gasteiger partial charge < -0.3 is 4.42 Å². The number of benzene rings is 1. The highest BCUT2D eigenvalue weighted by atomic mass is 16.3. The molecule has 1 aromatic carbocycles. The van der Waals surface area contributed by atoms with Gasteiger partial charge >= 0.3 is 6.03 Å². The van der Waals surface area contributed by atoms with E-state index in [2.05, 4.69) is 5.32 Å². The number of imide groups is 2. The number of urea groups is 1. The monoisotopic (exact) mass is 324 g/mol. The first-order chi connectivity index (χ1) is 11.6. The Morgan fingerprint density at radius 2 is 1.88 bits per heavy atom. The van der Waals surface area contributed by atoms with Crippen LogP contribution in [0.5, 0.6) is 0 Å². The maximum Gasteiger partial charge on any atom is 0.331 e. The molecule has 3 rings (SSSR count). The summed E-state index contributed by atoms with van der Waals surface area (Å²) >= 11 is 0. The summed E-state index contributed by atoms with van der Waals surface area (Å²) in [5.41, 5.74) is 1.80. The molecule has 1 aromatic heterocycles. The Bertz CT molecular complexity index is 804. The summed E-state index contributed by atoms with van der Waals surface area (Å²) in [6.07, 6.45) is 3.85. The number of nitrogens with one attached hydrogen (secondary N) is 1. The number of amides is 4. The van der Waals surface area contributed by atoms with Crippen molar-refractivity contribution in [2.45, 2.75) is 19.9 Å². The molecule has 0 atom stereocenters. The molecule has 2 aromatic rings. The van der Waals surface area contributed by atoms with Gasteiger partial charge in [-0.3, -0.25) is 19.8 Å². The molecule has 1 N–H and O–H groups in total. The molecule has 0 spiro atoms. The fourth-order valence-electron chi connectivity index (χ4n) is 2.41. The third-order valence-corrected chi connectivity index (χ3v) is 3.78. The predicted octanol–water partition coefficient (Wildman–Crippen LogP) is 2.50. The van der Waals surface area contributed by atoms with E-state index in [9.17, 15) is 14.4 Å². The Morgan fingerprint density at radius 3 is 2.50 bits per heavy atom. The van der Waals surface area contributed by atoms with E-state index in [4.69, 9.17) is 4.42 Å². The minimum absolute atomic E-state index is 0.0307. The Balaban J connectivity index is 1.88. The zero-order valence-electron chi connectivity index (χ0n) is 13.1. The standard InChI is InChI=1S/C18H16N2O4/c1-2-12-5-7-13(8-6-12)10-15-16(21)19-18(23)20(17(15)22)11-14-4-3-9-24-14/h3-10H,2,11H2,1H3,(H,19,21,23)/b15-10+. The van der Waals surface area contributed by atoms with Gasteiger partial charge in [-0.1, -0.05) is 31.2 Å². The van der Waals surface area contributed by atoms with Gasteiger partial charge in [0.1, 0.15) is 11.3 Å². The fourth-order valence-corrected chi connectivity index (χ4v) is 2.41. The van der Waals surface area contributed by atoms with Crippen LogP contribution in [0.4, 0.5) is 4.79 Å². The van der Waals surface area contributed by atoms with E-state index in [1.807, 2.05) is 31.2 Å². The highest BCUT2D eigenvalue weighted by Gasteiger charge is 2.36. The summed E-state index contributed by atoms with van der Waals surface area (Å²) in [4.78, 5) is 37.4. The number of hydrogen-bond donors (Lipinski definition) is 1. The van der Waals surface area contributed by atoms with Crippen molar-refractivity contribution in [3.05, 3.63) is 65.1 Å². The molecule has 0 aliphatic carbocycles. The largest absolute Gasteiger partial charge is 0.467 e. The van der Waals surface area contributed by atoms with Gasteiger partial charge in [0.05, 0.1) is 12.8 Å². The summed E-state index contributed by atoms with van der Waals surface area (Å²) in [7, 11) is 0. The maximum atomic E-state index is 12.5. The Kier molecular flexibility index (Phi) is 4.29. The highest BCUT2D eigenvalue weighted by Crippen LogP contribution is 2.17. The number of rotatable bonds is 4. The van der Waals surface area contributed by atoms with Crippen molar-refractivity contribution in [3.8, 4) is 0 Å². The number of barbiturate groups is 1. The van der Waals surface area contributed by atoms with Crippen molar-refractivity contribution in [2.75, 3.05) is 0 Å². The van der Waals surface area contributed by atoms with E-state index in [1.54, 1.807) is 12.1 Å². The molecule has 2 heterocycles. The zero-order valence-corrected chi connectivity index (χ0v) is 13.1. The molecule has 4 amide bonds. The number of aryl methyl sites for hydroxylation is 1. The van der Waals surface area contributed by atoms with E-state index < -0.39 is 17.8 Å². The average Bonchev–Trinajstić information content (AvgIpc) is 3.09. The minimum Gasteiger partial charge on any atom is -0.467 e. The summed E-state index contributed by atoms with van der Waals surface area (Å²) in [5, 5.41) is 2.18. The van der Waals surface area contributed by atoms with E-state index >= 15 is 0 Å².